The number of hydrogen-bond acceptors (Lipinski definition) is 9. The molecule has 4 aromatic rings. The first-order valence-electron chi connectivity index (χ1n) is 18.4. The molecule has 0 unspecified atom stereocenters. The first-order chi connectivity index (χ1) is 26.3. The Kier molecular flexibility index (Phi) is 15.8. The van der Waals surface area contributed by atoms with Crippen LogP contribution in [0, 0.1) is 13.8 Å². The summed E-state index contributed by atoms with van der Waals surface area (Å²) < 4.78 is 23.9. The number of aromatic nitrogens is 2. The monoisotopic (exact) mass is 755 g/mol. The van der Waals surface area contributed by atoms with Gasteiger partial charge >= 0.3 is 12.1 Å². The molecule has 294 valence electrons. The Morgan fingerprint density at radius 2 is 1.55 bits per heavy atom. The van der Waals surface area contributed by atoms with Crippen LogP contribution in [-0.4, -0.2) is 70.0 Å². The quantitative estimate of drug-likeness (QED) is 0.0540. The van der Waals surface area contributed by atoms with E-state index < -0.39 is 41.6 Å². The number of esters is 1. The number of alkyl carbamates (subject to hydrolysis) is 1. The molecular weight excluding hydrogens is 702 g/mol. The lowest BCUT2D eigenvalue weighted by molar-refractivity contribution is -0.161. The van der Waals surface area contributed by atoms with Crippen molar-refractivity contribution in [2.24, 2.45) is 0 Å². The van der Waals surface area contributed by atoms with Crippen molar-refractivity contribution in [2.75, 3.05) is 13.9 Å². The van der Waals surface area contributed by atoms with Gasteiger partial charge in [0.15, 0.2) is 12.8 Å². The lowest BCUT2D eigenvalue weighted by Crippen LogP contribution is -2.60. The van der Waals surface area contributed by atoms with Gasteiger partial charge in [0, 0.05) is 45.3 Å². The number of benzene rings is 3. The largest absolute Gasteiger partial charge is 0.468 e. The number of ether oxygens (including phenoxy) is 4. The Bertz CT molecular complexity index is 1800. The van der Waals surface area contributed by atoms with Crippen molar-refractivity contribution in [1.29, 1.82) is 0 Å². The van der Waals surface area contributed by atoms with Crippen LogP contribution in [0.4, 0.5) is 4.79 Å². The van der Waals surface area contributed by atoms with Crippen LogP contribution in [0.1, 0.15) is 67.9 Å². The van der Waals surface area contributed by atoms with E-state index >= 15 is 0 Å². The van der Waals surface area contributed by atoms with Crippen LogP contribution in [0.2, 0.25) is 0 Å². The standard InChI is InChI=1S/C42H53N5O8/c1-30-23-34(54-29-52-6)24-31(2)35(30)26-36(44-41(51)55-42(3,4)5)39(49)45-47(38(48)19-13-14-21-46-22-20-43-28-46)37(25-32-15-9-7-10-16-32)40(50)53-27-33-17-11-8-12-18-33/h7-12,15-18,20,22-24,28,36-37H,13-14,19,21,25-27,29H2,1-6H3,(H,44,51)(H,45,49)/t36-,37+/m1/s1. The first kappa shape index (κ1) is 42.1. The summed E-state index contributed by atoms with van der Waals surface area (Å²) >= 11 is 0. The second-order valence-corrected chi connectivity index (χ2v) is 14.3. The fourth-order valence-electron chi connectivity index (χ4n) is 5.91. The number of carbonyl (C=O) groups is 4. The normalized spacial score (nSPS) is 12.3. The number of hydrogen-bond donors (Lipinski definition) is 2. The molecule has 0 aliphatic carbocycles. The van der Waals surface area contributed by atoms with Gasteiger partial charge in [-0.1, -0.05) is 60.7 Å². The highest BCUT2D eigenvalue weighted by atomic mass is 16.7. The fraction of sp³-hybridized carbons (Fsp3) is 0.405. The van der Waals surface area contributed by atoms with Crippen molar-refractivity contribution in [2.45, 2.75) is 97.6 Å². The van der Waals surface area contributed by atoms with Crippen LogP contribution < -0.4 is 15.5 Å². The lowest BCUT2D eigenvalue weighted by Gasteiger charge is -2.32. The zero-order valence-corrected chi connectivity index (χ0v) is 32.6. The fourth-order valence-corrected chi connectivity index (χ4v) is 5.91. The number of amides is 3. The van der Waals surface area contributed by atoms with Crippen molar-refractivity contribution in [1.82, 2.24) is 25.3 Å². The Balaban J connectivity index is 1.67. The van der Waals surface area contributed by atoms with Gasteiger partial charge in [-0.2, -0.15) is 0 Å². The maximum absolute atomic E-state index is 14.5. The molecule has 1 aromatic heterocycles. The van der Waals surface area contributed by atoms with Crippen LogP contribution in [0.5, 0.6) is 5.75 Å². The molecule has 13 nitrogen and oxygen atoms in total. The third-order valence-corrected chi connectivity index (χ3v) is 8.62. The molecule has 0 fully saturated rings. The average molecular weight is 756 g/mol. The summed E-state index contributed by atoms with van der Waals surface area (Å²) in [7, 11) is 1.53. The van der Waals surface area contributed by atoms with E-state index in [4.69, 9.17) is 18.9 Å². The molecule has 0 saturated carbocycles. The Labute approximate surface area is 323 Å². The van der Waals surface area contributed by atoms with Gasteiger partial charge in [-0.25, -0.2) is 19.6 Å². The maximum atomic E-state index is 14.5. The molecule has 0 aliphatic rings. The van der Waals surface area contributed by atoms with Crippen molar-refractivity contribution >= 4 is 23.9 Å². The van der Waals surface area contributed by atoms with Gasteiger partial charge in [0.25, 0.3) is 5.91 Å². The minimum absolute atomic E-state index is 0.0253. The SMILES string of the molecule is COCOc1cc(C)c(C[C@@H](NC(=O)OC(C)(C)C)C(=O)NN(C(=O)CCCCn2ccnc2)[C@@H](Cc2ccccc2)C(=O)OCc2ccccc2)c(C)c1. The summed E-state index contributed by atoms with van der Waals surface area (Å²) in [6.45, 7) is 9.59. The molecule has 1 heterocycles. The van der Waals surface area contributed by atoms with E-state index in [0.717, 1.165) is 32.8 Å². The number of nitrogens with one attached hydrogen (secondary N) is 2. The minimum Gasteiger partial charge on any atom is -0.468 e. The Morgan fingerprint density at radius 3 is 2.15 bits per heavy atom. The predicted octanol–water partition coefficient (Wildman–Crippen LogP) is 6.00. The first-order valence-corrected chi connectivity index (χ1v) is 18.4. The predicted molar refractivity (Wildman–Crippen MR) is 207 cm³/mol. The summed E-state index contributed by atoms with van der Waals surface area (Å²) in [6.07, 6.45) is 5.66. The van der Waals surface area contributed by atoms with Gasteiger partial charge < -0.3 is 28.8 Å². The zero-order valence-electron chi connectivity index (χ0n) is 32.6. The highest BCUT2D eigenvalue weighted by molar-refractivity contribution is 5.90. The molecule has 0 radical (unpaired) electrons. The number of unbranched alkanes of at least 4 members (excludes halogenated alkanes) is 1. The molecule has 13 heteroatoms. The van der Waals surface area contributed by atoms with E-state index in [1.807, 2.05) is 97.4 Å². The molecule has 0 bridgehead atoms. The smallest absolute Gasteiger partial charge is 0.408 e. The molecule has 0 aliphatic heterocycles. The summed E-state index contributed by atoms with van der Waals surface area (Å²) in [6, 6.07) is 19.6. The zero-order chi connectivity index (χ0) is 39.8. The van der Waals surface area contributed by atoms with Crippen LogP contribution in [0.25, 0.3) is 0 Å². The number of aryl methyl sites for hydroxylation is 3. The lowest BCUT2D eigenvalue weighted by atomic mass is 9.95. The molecule has 0 spiro atoms. The summed E-state index contributed by atoms with van der Waals surface area (Å²) in [5.41, 5.74) is 5.83. The van der Waals surface area contributed by atoms with Crippen LogP contribution in [0.15, 0.2) is 91.5 Å². The third-order valence-electron chi connectivity index (χ3n) is 8.62. The van der Waals surface area contributed by atoms with E-state index in [0.29, 0.717) is 25.1 Å². The van der Waals surface area contributed by atoms with Crippen molar-refractivity contribution in [3.8, 4) is 5.75 Å². The van der Waals surface area contributed by atoms with Crippen molar-refractivity contribution in [3.63, 3.8) is 0 Å². The molecule has 4 rings (SSSR count). The minimum atomic E-state index is -1.24. The van der Waals surface area contributed by atoms with E-state index in [1.165, 1.54) is 7.11 Å². The third kappa shape index (κ3) is 13.9. The van der Waals surface area contributed by atoms with E-state index in [-0.39, 0.29) is 32.7 Å². The van der Waals surface area contributed by atoms with E-state index in [9.17, 15) is 19.2 Å². The summed E-state index contributed by atoms with van der Waals surface area (Å²) in [4.78, 5) is 60.0. The number of imidazole rings is 1. The van der Waals surface area contributed by atoms with Gasteiger partial charge in [-0.15, -0.1) is 0 Å². The highest BCUT2D eigenvalue weighted by Gasteiger charge is 2.35. The van der Waals surface area contributed by atoms with Crippen molar-refractivity contribution in [3.05, 3.63) is 119 Å². The Morgan fingerprint density at radius 1 is 0.891 bits per heavy atom. The average Bonchev–Trinajstić information content (AvgIpc) is 3.67. The van der Waals surface area contributed by atoms with Crippen molar-refractivity contribution < 1.29 is 38.1 Å². The second-order valence-electron chi connectivity index (χ2n) is 14.3. The Hall–Kier alpha value is -5.69. The second kappa shape index (κ2) is 20.7. The molecule has 2 atom stereocenters. The molecule has 55 heavy (non-hydrogen) atoms. The van der Waals surface area contributed by atoms with Gasteiger partial charge in [0.1, 0.15) is 24.0 Å². The van der Waals surface area contributed by atoms with Crippen LogP contribution in [-0.2, 0) is 54.6 Å². The highest BCUT2D eigenvalue weighted by Crippen LogP contribution is 2.24. The number of nitrogens with zero attached hydrogens (tertiary/aromatic N) is 3. The van der Waals surface area contributed by atoms with Crippen LogP contribution >= 0.6 is 0 Å². The maximum Gasteiger partial charge on any atom is 0.408 e. The number of methoxy groups -OCH3 is 1. The molecule has 0 saturated heterocycles. The van der Waals surface area contributed by atoms with Gasteiger partial charge in [-0.3, -0.25) is 15.0 Å². The van der Waals surface area contributed by atoms with E-state index in [1.54, 1.807) is 33.3 Å². The van der Waals surface area contributed by atoms with Gasteiger partial charge in [0.05, 0.1) is 6.33 Å². The van der Waals surface area contributed by atoms with Gasteiger partial charge in [-0.05, 0) is 87.4 Å². The number of hydrazine groups is 1. The number of rotatable bonds is 18. The molecular formula is C42H53N5O8. The topological polar surface area (TPSA) is 150 Å². The summed E-state index contributed by atoms with van der Waals surface area (Å²) in [5.74, 6) is -1.32. The molecule has 3 aromatic carbocycles. The molecule has 3 amide bonds. The number of carbonyl (C=O) groups excluding carboxylic acids is 4. The molecule has 2 N–H and O–H groups in total. The van der Waals surface area contributed by atoms with E-state index in [2.05, 4.69) is 15.7 Å². The summed E-state index contributed by atoms with van der Waals surface area (Å²) in [5, 5.41) is 3.79. The van der Waals surface area contributed by atoms with Gasteiger partial charge in [0.2, 0.25) is 5.91 Å². The van der Waals surface area contributed by atoms with Crippen LogP contribution in [0.3, 0.4) is 0 Å².